The number of amides is 2. The first-order chi connectivity index (χ1) is 10.0. The first-order valence-corrected chi connectivity index (χ1v) is 8.19. The molecular weight excluding hydrogens is 390 g/mol. The molecule has 2 fully saturated rings. The molecule has 3 rings (SSSR count). The summed E-state index contributed by atoms with van der Waals surface area (Å²) in [5.41, 5.74) is 7.91. The van der Waals surface area contributed by atoms with Gasteiger partial charge in [0, 0.05) is 29.2 Å². The van der Waals surface area contributed by atoms with Gasteiger partial charge in [-0.2, -0.15) is 0 Å². The van der Waals surface area contributed by atoms with Crippen molar-refractivity contribution in [2.24, 2.45) is 5.73 Å². The van der Waals surface area contributed by atoms with Crippen LogP contribution in [-0.4, -0.2) is 30.3 Å². The van der Waals surface area contributed by atoms with Crippen molar-refractivity contribution < 1.29 is 9.59 Å². The van der Waals surface area contributed by atoms with Crippen LogP contribution in [0.25, 0.3) is 6.08 Å². The largest absolute Gasteiger partial charge is 0.369 e. The molecule has 3 N–H and O–H groups in total. The predicted molar refractivity (Wildman–Crippen MR) is 95.3 cm³/mol. The Balaban J connectivity index is 0.00000176. The minimum atomic E-state index is -0.339. The number of halogens is 2. The number of carbonyl (C=O) groups is 2. The van der Waals surface area contributed by atoms with Crippen LogP contribution in [-0.2, 0) is 4.79 Å². The summed E-state index contributed by atoms with van der Waals surface area (Å²) < 4.78 is 0.959. The van der Waals surface area contributed by atoms with E-state index in [-0.39, 0.29) is 29.6 Å². The maximum Gasteiger partial charge on any atom is 0.290 e. The Kier molecular flexibility index (Phi) is 5.55. The lowest BCUT2D eigenvalue weighted by Gasteiger charge is -2.22. The third-order valence-electron chi connectivity index (χ3n) is 3.49. The first kappa shape index (κ1) is 17.3. The summed E-state index contributed by atoms with van der Waals surface area (Å²) in [4.78, 5) is 25.6. The van der Waals surface area contributed by atoms with E-state index in [9.17, 15) is 9.59 Å². The summed E-state index contributed by atoms with van der Waals surface area (Å²) in [6.45, 7) is 1.68. The third-order valence-corrected chi connectivity index (χ3v) is 4.94. The van der Waals surface area contributed by atoms with Crippen LogP contribution in [0.3, 0.4) is 0 Å². The zero-order valence-electron chi connectivity index (χ0n) is 11.5. The molecule has 2 amide bonds. The van der Waals surface area contributed by atoms with Crippen molar-refractivity contribution in [2.75, 3.05) is 18.0 Å². The van der Waals surface area contributed by atoms with E-state index in [2.05, 4.69) is 26.1 Å². The van der Waals surface area contributed by atoms with Crippen LogP contribution in [0.4, 0.5) is 10.5 Å². The molecule has 2 saturated heterocycles. The van der Waals surface area contributed by atoms with Gasteiger partial charge in [0.05, 0.1) is 10.6 Å². The number of thioether (sulfide) groups is 1. The number of nitrogens with one attached hydrogen (secondary N) is 1. The van der Waals surface area contributed by atoms with E-state index in [4.69, 9.17) is 5.73 Å². The van der Waals surface area contributed by atoms with E-state index in [1.165, 1.54) is 0 Å². The maximum atomic E-state index is 11.7. The standard InChI is InChI=1S/C14H14BrN3O2S.ClH/c15-10-3-1-2-8(6-11-13(19)17-14(20)21-11)12(10)18-5-4-9(16)7-18;/h1-3,6,9H,4-5,7,16H2,(H,17,19,20);1H/b11-6-;/t9-;/m0./s1. The van der Waals surface area contributed by atoms with E-state index in [1.54, 1.807) is 6.08 Å². The summed E-state index contributed by atoms with van der Waals surface area (Å²) in [5, 5.41) is 1.94. The second kappa shape index (κ2) is 7.04. The molecule has 0 spiro atoms. The molecule has 0 aliphatic carbocycles. The van der Waals surface area contributed by atoms with Gasteiger partial charge in [-0.05, 0) is 46.3 Å². The van der Waals surface area contributed by atoms with Gasteiger partial charge in [0.2, 0.25) is 0 Å². The molecule has 8 heteroatoms. The Labute approximate surface area is 147 Å². The molecule has 0 radical (unpaired) electrons. The van der Waals surface area contributed by atoms with Crippen LogP contribution < -0.4 is 16.0 Å². The molecular formula is C14H15BrClN3O2S. The second-order valence-electron chi connectivity index (χ2n) is 5.02. The normalized spacial score (nSPS) is 22.9. The lowest BCUT2D eigenvalue weighted by atomic mass is 10.1. The van der Waals surface area contributed by atoms with E-state index in [0.29, 0.717) is 4.91 Å². The molecule has 22 heavy (non-hydrogen) atoms. The van der Waals surface area contributed by atoms with Crippen LogP contribution in [0.1, 0.15) is 12.0 Å². The zero-order chi connectivity index (χ0) is 15.0. The minimum Gasteiger partial charge on any atom is -0.369 e. The smallest absolute Gasteiger partial charge is 0.290 e. The van der Waals surface area contributed by atoms with Gasteiger partial charge in [-0.25, -0.2) is 0 Å². The van der Waals surface area contributed by atoms with Crippen molar-refractivity contribution >= 4 is 63.0 Å². The number of benzene rings is 1. The van der Waals surface area contributed by atoms with Crippen molar-refractivity contribution in [1.82, 2.24) is 5.32 Å². The molecule has 118 valence electrons. The highest BCUT2D eigenvalue weighted by atomic mass is 79.9. The summed E-state index contributed by atoms with van der Waals surface area (Å²) in [6, 6.07) is 5.99. The van der Waals surface area contributed by atoms with Crippen LogP contribution in [0.2, 0.25) is 0 Å². The fourth-order valence-corrected chi connectivity index (χ4v) is 3.84. The minimum absolute atomic E-state index is 0. The lowest BCUT2D eigenvalue weighted by molar-refractivity contribution is -0.115. The Hall–Kier alpha value is -1.02. The monoisotopic (exact) mass is 403 g/mol. The quantitative estimate of drug-likeness (QED) is 0.741. The van der Waals surface area contributed by atoms with Gasteiger partial charge in [0.1, 0.15) is 0 Å². The van der Waals surface area contributed by atoms with Gasteiger partial charge in [-0.3, -0.25) is 14.9 Å². The Morgan fingerprint density at radius 1 is 1.41 bits per heavy atom. The summed E-state index contributed by atoms with van der Waals surface area (Å²) >= 11 is 4.50. The highest BCUT2D eigenvalue weighted by Crippen LogP contribution is 2.35. The van der Waals surface area contributed by atoms with E-state index in [0.717, 1.165) is 47.0 Å². The summed E-state index contributed by atoms with van der Waals surface area (Å²) in [7, 11) is 0. The van der Waals surface area contributed by atoms with Crippen LogP contribution in [0, 0.1) is 0 Å². The van der Waals surface area contributed by atoms with Gasteiger partial charge in [0.15, 0.2) is 0 Å². The Morgan fingerprint density at radius 2 is 2.18 bits per heavy atom. The molecule has 1 atom stereocenters. The molecule has 5 nitrogen and oxygen atoms in total. The van der Waals surface area contributed by atoms with Crippen molar-refractivity contribution in [2.45, 2.75) is 12.5 Å². The molecule has 1 aromatic rings. The highest BCUT2D eigenvalue weighted by molar-refractivity contribution is 9.10. The average Bonchev–Trinajstić information content (AvgIpc) is 2.96. The topological polar surface area (TPSA) is 75.4 Å². The first-order valence-electron chi connectivity index (χ1n) is 6.58. The average molecular weight is 405 g/mol. The number of imide groups is 1. The number of nitrogens with zero attached hydrogens (tertiary/aromatic N) is 1. The fourth-order valence-electron chi connectivity index (χ4n) is 2.53. The van der Waals surface area contributed by atoms with E-state index >= 15 is 0 Å². The molecule has 0 saturated carbocycles. The van der Waals surface area contributed by atoms with Gasteiger partial charge in [-0.15, -0.1) is 12.4 Å². The van der Waals surface area contributed by atoms with Gasteiger partial charge in [0.25, 0.3) is 11.1 Å². The van der Waals surface area contributed by atoms with Crippen molar-refractivity contribution in [3.8, 4) is 0 Å². The van der Waals surface area contributed by atoms with E-state index < -0.39 is 0 Å². The molecule has 1 aromatic carbocycles. The molecule has 0 unspecified atom stereocenters. The zero-order valence-corrected chi connectivity index (χ0v) is 14.8. The lowest BCUT2D eigenvalue weighted by Crippen LogP contribution is -2.27. The van der Waals surface area contributed by atoms with Crippen LogP contribution in [0.15, 0.2) is 27.6 Å². The Bertz CT molecular complexity index is 653. The summed E-state index contributed by atoms with van der Waals surface area (Å²) in [6.07, 6.45) is 2.71. The number of nitrogens with two attached hydrogens (primary N) is 1. The number of hydrogen-bond acceptors (Lipinski definition) is 5. The van der Waals surface area contributed by atoms with Crippen LogP contribution in [0.5, 0.6) is 0 Å². The third kappa shape index (κ3) is 3.48. The summed E-state index contributed by atoms with van der Waals surface area (Å²) in [5.74, 6) is -0.339. The molecule has 0 bridgehead atoms. The molecule has 2 aliphatic rings. The number of para-hydroxylation sites is 1. The SMILES string of the molecule is Cl.N[C@H]1CCN(c2c(Br)cccc2/C=C2\SC(=O)NC2=O)C1. The van der Waals surface area contributed by atoms with Crippen LogP contribution >= 0.6 is 40.1 Å². The van der Waals surface area contributed by atoms with Crippen molar-refractivity contribution in [3.05, 3.63) is 33.1 Å². The molecule has 2 heterocycles. The van der Waals surface area contributed by atoms with E-state index in [1.807, 2.05) is 18.2 Å². The number of rotatable bonds is 2. The van der Waals surface area contributed by atoms with Crippen molar-refractivity contribution in [3.63, 3.8) is 0 Å². The molecule has 2 aliphatic heterocycles. The predicted octanol–water partition coefficient (Wildman–Crippen LogP) is 2.73. The van der Waals surface area contributed by atoms with Crippen molar-refractivity contribution in [1.29, 1.82) is 0 Å². The highest BCUT2D eigenvalue weighted by Gasteiger charge is 2.27. The van der Waals surface area contributed by atoms with Gasteiger partial charge < -0.3 is 10.6 Å². The second-order valence-corrected chi connectivity index (χ2v) is 6.89. The molecule has 0 aromatic heterocycles. The fraction of sp³-hybridized carbons (Fsp3) is 0.286. The number of carbonyl (C=O) groups excluding carboxylic acids is 2. The Morgan fingerprint density at radius 3 is 2.77 bits per heavy atom. The number of anilines is 1. The van der Waals surface area contributed by atoms with Gasteiger partial charge in [-0.1, -0.05) is 12.1 Å². The van der Waals surface area contributed by atoms with Gasteiger partial charge >= 0.3 is 0 Å². The number of hydrogen-bond donors (Lipinski definition) is 2. The maximum absolute atomic E-state index is 11.7.